The topological polar surface area (TPSA) is 97.8 Å². The first-order valence-corrected chi connectivity index (χ1v) is 9.78. The van der Waals surface area contributed by atoms with Gasteiger partial charge in [-0.15, -0.1) is 0 Å². The summed E-state index contributed by atoms with van der Waals surface area (Å²) in [6.07, 6.45) is 0.913. The minimum atomic E-state index is -0.589. The maximum absolute atomic E-state index is 12.2. The number of hydrogen-bond donors (Lipinski definition) is 1. The number of halogens is 1. The molecule has 2 amide bonds. The summed E-state index contributed by atoms with van der Waals surface area (Å²) in [5.74, 6) is -0.962. The fourth-order valence-electron chi connectivity index (χ4n) is 3.13. The summed E-state index contributed by atoms with van der Waals surface area (Å²) in [4.78, 5) is 41.8. The molecule has 0 radical (unpaired) electrons. The van der Waals surface area contributed by atoms with Gasteiger partial charge in [0.05, 0.1) is 17.7 Å². The predicted molar refractivity (Wildman–Crippen MR) is 107 cm³/mol. The average molecular weight is 420 g/mol. The number of carbonyl (C=O) groups excluding carboxylic acids is 3. The van der Waals surface area contributed by atoms with Crippen LogP contribution < -0.4 is 5.32 Å². The second kappa shape index (κ2) is 9.56. The lowest BCUT2D eigenvalue weighted by Gasteiger charge is -2.31. The van der Waals surface area contributed by atoms with E-state index < -0.39 is 5.97 Å². The molecule has 2 heterocycles. The Kier molecular flexibility index (Phi) is 6.87. The Bertz CT molecular complexity index is 912. The minimum absolute atomic E-state index is 0.0663. The molecule has 1 aliphatic heterocycles. The number of esters is 1. The van der Waals surface area contributed by atoms with Gasteiger partial charge in [-0.25, -0.2) is 14.6 Å². The number of likely N-dealkylation sites (tertiary alicyclic amines) is 1. The Balaban J connectivity index is 1.45. The van der Waals surface area contributed by atoms with Crippen molar-refractivity contribution in [3.63, 3.8) is 0 Å². The van der Waals surface area contributed by atoms with E-state index in [9.17, 15) is 14.4 Å². The monoisotopic (exact) mass is 419 g/mol. The number of nitrogens with zero attached hydrogens (tertiary/aromatic N) is 2. The lowest BCUT2D eigenvalue weighted by atomic mass is 10.1. The van der Waals surface area contributed by atoms with E-state index in [2.05, 4.69) is 10.3 Å². The highest BCUT2D eigenvalue weighted by molar-refractivity contribution is 6.29. The van der Waals surface area contributed by atoms with Gasteiger partial charge in [-0.1, -0.05) is 11.6 Å². The Labute approximate surface area is 173 Å². The quantitative estimate of drug-likeness (QED) is 0.591. The molecule has 3 rings (SSSR count). The summed E-state index contributed by atoms with van der Waals surface area (Å²) < 4.78 is 10.1. The molecule has 9 heteroatoms. The Morgan fingerprint density at radius 2 is 1.93 bits per heavy atom. The first-order valence-electron chi connectivity index (χ1n) is 9.40. The van der Waals surface area contributed by atoms with Gasteiger partial charge in [0, 0.05) is 24.5 Å². The van der Waals surface area contributed by atoms with E-state index in [1.54, 1.807) is 42.2 Å². The van der Waals surface area contributed by atoms with Gasteiger partial charge < -0.3 is 19.7 Å². The van der Waals surface area contributed by atoms with Crippen LogP contribution >= 0.6 is 11.6 Å². The smallest absolute Gasteiger partial charge is 0.409 e. The molecular weight excluding hydrogens is 398 g/mol. The van der Waals surface area contributed by atoms with Gasteiger partial charge in [0.1, 0.15) is 5.15 Å². The van der Waals surface area contributed by atoms with Crippen LogP contribution in [0.15, 0.2) is 30.3 Å². The first kappa shape index (κ1) is 20.9. The number of amides is 2. The zero-order valence-electron chi connectivity index (χ0n) is 16.0. The van der Waals surface area contributed by atoms with Crippen LogP contribution in [0.1, 0.15) is 30.1 Å². The minimum Gasteiger partial charge on any atom is -0.452 e. The van der Waals surface area contributed by atoms with Crippen LogP contribution in [0.2, 0.25) is 5.15 Å². The highest BCUT2D eigenvalue weighted by atomic mass is 35.5. The summed E-state index contributed by atoms with van der Waals surface area (Å²) in [6, 6.07) is 8.23. The van der Waals surface area contributed by atoms with Crippen molar-refractivity contribution >= 4 is 40.5 Å². The fourth-order valence-corrected chi connectivity index (χ4v) is 3.29. The number of aromatic nitrogens is 1. The number of piperidine rings is 1. The van der Waals surface area contributed by atoms with E-state index in [0.29, 0.717) is 48.8 Å². The van der Waals surface area contributed by atoms with Crippen LogP contribution in [0.5, 0.6) is 0 Å². The summed E-state index contributed by atoms with van der Waals surface area (Å²) in [5.41, 5.74) is 0.998. The third-order valence-corrected chi connectivity index (χ3v) is 4.82. The van der Waals surface area contributed by atoms with E-state index in [4.69, 9.17) is 21.1 Å². The Hall–Kier alpha value is -2.87. The number of pyridine rings is 1. The van der Waals surface area contributed by atoms with Crippen LogP contribution in [0.3, 0.4) is 0 Å². The van der Waals surface area contributed by atoms with Crippen molar-refractivity contribution in [1.29, 1.82) is 0 Å². The van der Waals surface area contributed by atoms with Crippen molar-refractivity contribution in [3.8, 4) is 0 Å². The second-order valence-corrected chi connectivity index (χ2v) is 7.03. The van der Waals surface area contributed by atoms with E-state index >= 15 is 0 Å². The third-order valence-electron chi connectivity index (χ3n) is 4.61. The van der Waals surface area contributed by atoms with Crippen LogP contribution in [-0.4, -0.2) is 60.2 Å². The van der Waals surface area contributed by atoms with Gasteiger partial charge in [0.25, 0.3) is 5.91 Å². The highest BCUT2D eigenvalue weighted by Crippen LogP contribution is 2.17. The van der Waals surface area contributed by atoms with Crippen LogP contribution in [0, 0.1) is 0 Å². The van der Waals surface area contributed by atoms with E-state index in [-0.39, 0.29) is 24.6 Å². The van der Waals surface area contributed by atoms with Crippen LogP contribution in [0.4, 0.5) is 4.79 Å². The summed E-state index contributed by atoms with van der Waals surface area (Å²) >= 11 is 5.85. The third kappa shape index (κ3) is 5.57. The Morgan fingerprint density at radius 1 is 1.17 bits per heavy atom. The van der Waals surface area contributed by atoms with Gasteiger partial charge in [-0.05, 0) is 50.1 Å². The standard InChI is InChI=1S/C20H22ClN3O5/c1-2-28-20(27)24-9-7-15(8-10-24)22-18(25)12-29-19(26)14-3-5-16-13(11-14)4-6-17(21)23-16/h3-6,11,15H,2,7-10,12H2,1H3,(H,22,25). The maximum atomic E-state index is 12.2. The molecule has 0 saturated carbocycles. The first-order chi connectivity index (χ1) is 14.0. The van der Waals surface area contributed by atoms with Crippen molar-refractivity contribution in [2.75, 3.05) is 26.3 Å². The number of benzene rings is 1. The molecule has 29 heavy (non-hydrogen) atoms. The molecule has 1 fully saturated rings. The zero-order chi connectivity index (χ0) is 20.8. The van der Waals surface area contributed by atoms with E-state index in [0.717, 1.165) is 5.39 Å². The van der Waals surface area contributed by atoms with E-state index in [1.165, 1.54) is 0 Å². The predicted octanol–water partition coefficient (Wildman–Crippen LogP) is 2.78. The molecule has 0 spiro atoms. The molecule has 1 saturated heterocycles. The highest BCUT2D eigenvalue weighted by Gasteiger charge is 2.24. The second-order valence-electron chi connectivity index (χ2n) is 6.65. The summed E-state index contributed by atoms with van der Waals surface area (Å²) in [6.45, 7) is 2.75. The lowest BCUT2D eigenvalue weighted by molar-refractivity contribution is -0.125. The largest absolute Gasteiger partial charge is 0.452 e. The number of rotatable bonds is 5. The summed E-state index contributed by atoms with van der Waals surface area (Å²) in [5, 5.41) is 3.96. The number of fused-ring (bicyclic) bond motifs is 1. The molecule has 0 aliphatic carbocycles. The number of nitrogens with one attached hydrogen (secondary N) is 1. The number of hydrogen-bond acceptors (Lipinski definition) is 6. The zero-order valence-corrected chi connectivity index (χ0v) is 16.8. The average Bonchev–Trinajstić information content (AvgIpc) is 2.72. The number of ether oxygens (including phenoxy) is 2. The molecule has 2 aromatic rings. The molecule has 0 unspecified atom stereocenters. The van der Waals surface area contributed by atoms with Gasteiger partial charge >= 0.3 is 12.1 Å². The van der Waals surface area contributed by atoms with Gasteiger partial charge in [-0.2, -0.15) is 0 Å². The van der Waals surface area contributed by atoms with Crippen LogP contribution in [0.25, 0.3) is 10.9 Å². The Morgan fingerprint density at radius 3 is 2.66 bits per heavy atom. The van der Waals surface area contributed by atoms with Gasteiger partial charge in [0.2, 0.25) is 0 Å². The lowest BCUT2D eigenvalue weighted by Crippen LogP contribution is -2.47. The maximum Gasteiger partial charge on any atom is 0.409 e. The molecule has 0 bridgehead atoms. The van der Waals surface area contributed by atoms with Crippen molar-refractivity contribution in [2.45, 2.75) is 25.8 Å². The molecule has 1 aliphatic rings. The molecule has 0 atom stereocenters. The van der Waals surface area contributed by atoms with Crippen molar-refractivity contribution < 1.29 is 23.9 Å². The van der Waals surface area contributed by atoms with Crippen LogP contribution in [-0.2, 0) is 14.3 Å². The normalized spacial score (nSPS) is 14.5. The molecule has 1 aromatic heterocycles. The summed E-state index contributed by atoms with van der Waals surface area (Å²) in [7, 11) is 0. The number of carbonyl (C=O) groups is 3. The molecule has 8 nitrogen and oxygen atoms in total. The fraction of sp³-hybridized carbons (Fsp3) is 0.400. The van der Waals surface area contributed by atoms with Crippen molar-refractivity contribution in [3.05, 3.63) is 41.0 Å². The molecular formula is C20H22ClN3O5. The van der Waals surface area contributed by atoms with Crippen molar-refractivity contribution in [1.82, 2.24) is 15.2 Å². The van der Waals surface area contributed by atoms with E-state index in [1.807, 2.05) is 0 Å². The molecule has 1 aromatic carbocycles. The van der Waals surface area contributed by atoms with Gasteiger partial charge in [-0.3, -0.25) is 4.79 Å². The van der Waals surface area contributed by atoms with Crippen molar-refractivity contribution in [2.24, 2.45) is 0 Å². The SMILES string of the molecule is CCOC(=O)N1CCC(NC(=O)COC(=O)c2ccc3nc(Cl)ccc3c2)CC1. The molecule has 154 valence electrons. The van der Waals surface area contributed by atoms with Gasteiger partial charge in [0.15, 0.2) is 6.61 Å². The molecule has 1 N–H and O–H groups in total.